The standard InChI is InChI=1S/C27H40N4O6/c1-18-12-13-21-14-15-30(26(35)36-17-20-10-8-7-9-11-20)16-22(24(33)31(18)21)28-23(32)19(2)29(6)25(34)37-27(3,4)5/h7-11,18-19,21-22H,12-17H2,1-6H3,(H,28,32)/t18-,19+,21-,22+/m1/s1. The summed E-state index contributed by atoms with van der Waals surface area (Å²) in [6.45, 7) is 9.32. The summed E-state index contributed by atoms with van der Waals surface area (Å²) < 4.78 is 10.9. The van der Waals surface area contributed by atoms with Gasteiger partial charge in [0.2, 0.25) is 11.8 Å². The molecular formula is C27H40N4O6. The van der Waals surface area contributed by atoms with Crippen molar-refractivity contribution in [1.29, 1.82) is 0 Å². The van der Waals surface area contributed by atoms with Crippen LogP contribution in [-0.4, -0.2) is 88.6 Å². The summed E-state index contributed by atoms with van der Waals surface area (Å²) in [6.07, 6.45) is 1.19. The number of ether oxygens (including phenoxy) is 2. The topological polar surface area (TPSA) is 108 Å². The van der Waals surface area contributed by atoms with E-state index in [1.807, 2.05) is 42.2 Å². The van der Waals surface area contributed by atoms with Gasteiger partial charge in [-0.25, -0.2) is 9.59 Å². The smallest absolute Gasteiger partial charge is 0.410 e. The molecule has 37 heavy (non-hydrogen) atoms. The molecule has 1 aromatic rings. The molecule has 1 N–H and O–H groups in total. The molecule has 10 nitrogen and oxygen atoms in total. The number of nitrogens with one attached hydrogen (secondary N) is 1. The Labute approximate surface area is 219 Å². The lowest BCUT2D eigenvalue weighted by Gasteiger charge is -2.38. The van der Waals surface area contributed by atoms with E-state index in [1.54, 1.807) is 27.7 Å². The van der Waals surface area contributed by atoms with E-state index >= 15 is 0 Å². The first-order valence-electron chi connectivity index (χ1n) is 12.9. The molecule has 0 radical (unpaired) electrons. The maximum absolute atomic E-state index is 13.6. The van der Waals surface area contributed by atoms with Gasteiger partial charge in [0.1, 0.15) is 24.3 Å². The van der Waals surface area contributed by atoms with Gasteiger partial charge in [0.15, 0.2) is 0 Å². The summed E-state index contributed by atoms with van der Waals surface area (Å²) in [5, 5.41) is 2.80. The number of benzene rings is 1. The van der Waals surface area contributed by atoms with Crippen LogP contribution in [0.2, 0.25) is 0 Å². The number of amides is 4. The van der Waals surface area contributed by atoms with Gasteiger partial charge in [-0.15, -0.1) is 0 Å². The zero-order chi connectivity index (χ0) is 27.3. The van der Waals surface area contributed by atoms with Gasteiger partial charge in [-0.2, -0.15) is 0 Å². The van der Waals surface area contributed by atoms with E-state index in [0.29, 0.717) is 13.0 Å². The van der Waals surface area contributed by atoms with Crippen LogP contribution in [-0.2, 0) is 25.7 Å². The third-order valence-corrected chi connectivity index (χ3v) is 6.90. The molecule has 204 valence electrons. The van der Waals surface area contributed by atoms with Crippen molar-refractivity contribution in [1.82, 2.24) is 20.0 Å². The van der Waals surface area contributed by atoms with Crippen LogP contribution in [0, 0.1) is 0 Å². The molecule has 4 atom stereocenters. The minimum Gasteiger partial charge on any atom is -0.445 e. The molecule has 3 rings (SSSR count). The van der Waals surface area contributed by atoms with Crippen LogP contribution >= 0.6 is 0 Å². The fourth-order valence-electron chi connectivity index (χ4n) is 4.67. The molecule has 4 amide bonds. The molecule has 0 spiro atoms. The minimum absolute atomic E-state index is 0.00603. The fourth-order valence-corrected chi connectivity index (χ4v) is 4.67. The molecule has 2 fully saturated rings. The van der Waals surface area contributed by atoms with E-state index in [-0.39, 0.29) is 31.1 Å². The predicted octanol–water partition coefficient (Wildman–Crippen LogP) is 3.15. The second kappa shape index (κ2) is 11.8. The van der Waals surface area contributed by atoms with Gasteiger partial charge in [0.05, 0.1) is 6.54 Å². The first-order chi connectivity index (χ1) is 17.4. The molecule has 2 saturated heterocycles. The van der Waals surface area contributed by atoms with Gasteiger partial charge in [-0.05, 0) is 59.4 Å². The molecule has 0 aliphatic carbocycles. The van der Waals surface area contributed by atoms with E-state index in [0.717, 1.165) is 18.4 Å². The quantitative estimate of drug-likeness (QED) is 0.644. The van der Waals surface area contributed by atoms with Crippen LogP contribution in [0.15, 0.2) is 30.3 Å². The normalized spacial score (nSPS) is 22.9. The second-order valence-electron chi connectivity index (χ2n) is 10.9. The fraction of sp³-hybridized carbons (Fsp3) is 0.630. The first-order valence-corrected chi connectivity index (χ1v) is 12.9. The molecule has 2 heterocycles. The molecule has 0 unspecified atom stereocenters. The van der Waals surface area contributed by atoms with Crippen molar-refractivity contribution in [3.8, 4) is 0 Å². The van der Waals surface area contributed by atoms with Gasteiger partial charge in [-0.3, -0.25) is 14.5 Å². The Bertz CT molecular complexity index is 979. The molecule has 2 aliphatic heterocycles. The number of carbonyl (C=O) groups is 4. The van der Waals surface area contributed by atoms with Gasteiger partial charge < -0.3 is 24.6 Å². The number of nitrogens with zero attached hydrogens (tertiary/aromatic N) is 3. The van der Waals surface area contributed by atoms with Gasteiger partial charge in [0, 0.05) is 25.7 Å². The average molecular weight is 517 g/mol. The van der Waals surface area contributed by atoms with E-state index in [4.69, 9.17) is 9.47 Å². The summed E-state index contributed by atoms with van der Waals surface area (Å²) >= 11 is 0. The number of carbonyl (C=O) groups excluding carboxylic acids is 4. The highest BCUT2D eigenvalue weighted by molar-refractivity contribution is 5.92. The summed E-state index contributed by atoms with van der Waals surface area (Å²) in [5.41, 5.74) is 0.150. The number of hydrogen-bond acceptors (Lipinski definition) is 6. The van der Waals surface area contributed by atoms with E-state index < -0.39 is 35.8 Å². The Balaban J connectivity index is 1.73. The molecule has 2 aliphatic rings. The summed E-state index contributed by atoms with van der Waals surface area (Å²) in [5.74, 6) is -0.732. The Kier molecular flexibility index (Phi) is 9.04. The lowest BCUT2D eigenvalue weighted by atomic mass is 10.1. The van der Waals surface area contributed by atoms with E-state index in [9.17, 15) is 19.2 Å². The summed E-state index contributed by atoms with van der Waals surface area (Å²) in [6, 6.07) is 7.56. The van der Waals surface area contributed by atoms with Gasteiger partial charge >= 0.3 is 12.2 Å². The molecule has 10 heteroatoms. The van der Waals surface area contributed by atoms with Gasteiger partial charge in [-0.1, -0.05) is 30.3 Å². The van der Waals surface area contributed by atoms with Crippen molar-refractivity contribution >= 4 is 24.0 Å². The Hall–Kier alpha value is -3.30. The lowest BCUT2D eigenvalue weighted by molar-refractivity contribution is -0.141. The first kappa shape index (κ1) is 28.3. The van der Waals surface area contributed by atoms with E-state index in [2.05, 4.69) is 5.32 Å². The average Bonchev–Trinajstić information content (AvgIpc) is 3.21. The molecular weight excluding hydrogens is 476 g/mol. The van der Waals surface area contributed by atoms with Crippen molar-refractivity contribution in [3.63, 3.8) is 0 Å². The summed E-state index contributed by atoms with van der Waals surface area (Å²) in [7, 11) is 1.48. The Morgan fingerprint density at radius 1 is 1.14 bits per heavy atom. The third-order valence-electron chi connectivity index (χ3n) is 6.90. The Morgan fingerprint density at radius 3 is 2.46 bits per heavy atom. The van der Waals surface area contributed by atoms with Crippen molar-refractivity contribution in [2.75, 3.05) is 20.1 Å². The number of fused-ring (bicyclic) bond motifs is 1. The molecule has 0 aromatic heterocycles. The monoisotopic (exact) mass is 516 g/mol. The van der Waals surface area contributed by atoms with Crippen LogP contribution in [0.5, 0.6) is 0 Å². The van der Waals surface area contributed by atoms with Crippen LogP contribution < -0.4 is 5.32 Å². The van der Waals surface area contributed by atoms with Crippen molar-refractivity contribution < 1.29 is 28.7 Å². The Morgan fingerprint density at radius 2 is 1.81 bits per heavy atom. The highest BCUT2D eigenvalue weighted by Gasteiger charge is 2.42. The van der Waals surface area contributed by atoms with Crippen LogP contribution in [0.25, 0.3) is 0 Å². The highest BCUT2D eigenvalue weighted by Crippen LogP contribution is 2.29. The van der Waals surface area contributed by atoms with Crippen LogP contribution in [0.4, 0.5) is 9.59 Å². The maximum Gasteiger partial charge on any atom is 0.410 e. The molecule has 1 aromatic carbocycles. The highest BCUT2D eigenvalue weighted by atomic mass is 16.6. The van der Waals surface area contributed by atoms with Crippen LogP contribution in [0.1, 0.15) is 59.4 Å². The number of hydrogen-bond donors (Lipinski definition) is 1. The molecule has 0 bridgehead atoms. The zero-order valence-electron chi connectivity index (χ0n) is 22.7. The van der Waals surface area contributed by atoms with Crippen molar-refractivity contribution in [3.05, 3.63) is 35.9 Å². The maximum atomic E-state index is 13.6. The number of likely N-dealkylation sites (N-methyl/N-ethyl adjacent to an activating group) is 1. The van der Waals surface area contributed by atoms with Crippen molar-refractivity contribution in [2.24, 2.45) is 0 Å². The summed E-state index contributed by atoms with van der Waals surface area (Å²) in [4.78, 5) is 56.8. The minimum atomic E-state index is -0.963. The predicted molar refractivity (Wildman–Crippen MR) is 138 cm³/mol. The lowest BCUT2D eigenvalue weighted by Crippen LogP contribution is -2.61. The van der Waals surface area contributed by atoms with E-state index in [1.165, 1.54) is 16.8 Å². The second-order valence-corrected chi connectivity index (χ2v) is 10.9. The van der Waals surface area contributed by atoms with Crippen molar-refractivity contribution in [2.45, 2.75) is 90.3 Å². The van der Waals surface area contributed by atoms with Crippen LogP contribution in [0.3, 0.4) is 0 Å². The zero-order valence-corrected chi connectivity index (χ0v) is 22.7. The third kappa shape index (κ3) is 7.36. The number of rotatable bonds is 5. The molecule has 0 saturated carbocycles. The largest absolute Gasteiger partial charge is 0.445 e. The van der Waals surface area contributed by atoms with Gasteiger partial charge in [0.25, 0.3) is 0 Å². The SMILES string of the molecule is C[C@@H]1CC[C@@H]2CCN(C(=O)OCc3ccccc3)C[C@H](NC(=O)[C@H](C)N(C)C(=O)OC(C)(C)C)C(=O)N21.